The van der Waals surface area contributed by atoms with Crippen molar-refractivity contribution in [3.05, 3.63) is 42.6 Å². The summed E-state index contributed by atoms with van der Waals surface area (Å²) in [4.78, 5) is 28.1. The highest BCUT2D eigenvalue weighted by molar-refractivity contribution is 5.94. The van der Waals surface area contributed by atoms with Gasteiger partial charge in [-0.1, -0.05) is 33.8 Å². The summed E-state index contributed by atoms with van der Waals surface area (Å²) in [6, 6.07) is 10.4. The smallest absolute Gasteiger partial charge is 0.237 e. The molecule has 0 aliphatic carbocycles. The average Bonchev–Trinajstić information content (AvgIpc) is 3.07. The van der Waals surface area contributed by atoms with E-state index >= 15 is 0 Å². The minimum atomic E-state index is -0.572. The van der Waals surface area contributed by atoms with E-state index in [4.69, 9.17) is 9.47 Å². The van der Waals surface area contributed by atoms with Crippen LogP contribution in [0.1, 0.15) is 34.1 Å². The van der Waals surface area contributed by atoms with Crippen LogP contribution in [-0.2, 0) is 14.3 Å². The number of nitrogens with zero attached hydrogens (tertiary/aromatic N) is 3. The van der Waals surface area contributed by atoms with E-state index in [1.807, 2.05) is 13.8 Å². The van der Waals surface area contributed by atoms with Crippen LogP contribution >= 0.6 is 0 Å². The molecular formula is C24H29N5O4. The molecule has 0 spiro atoms. The molecule has 9 heteroatoms. The SMILES string of the molecule is CC(C)(CC(C)(C)C1COC1)C(=O)Nc1cn2nc(Oc3cccc(NC=O)c3)ccc2n1. The number of rotatable bonds is 9. The van der Waals surface area contributed by atoms with Gasteiger partial charge in [0.2, 0.25) is 18.2 Å². The fraction of sp³-hybridized carbons (Fsp3) is 0.417. The Morgan fingerprint density at radius 3 is 2.73 bits per heavy atom. The lowest BCUT2D eigenvalue weighted by Gasteiger charge is -2.43. The maximum absolute atomic E-state index is 13.0. The second-order valence-corrected chi connectivity index (χ2v) is 9.73. The Morgan fingerprint density at radius 2 is 2.03 bits per heavy atom. The second-order valence-electron chi connectivity index (χ2n) is 9.73. The molecule has 3 heterocycles. The molecule has 1 saturated heterocycles. The number of nitrogens with one attached hydrogen (secondary N) is 2. The molecule has 0 saturated carbocycles. The van der Waals surface area contributed by atoms with Crippen molar-refractivity contribution in [2.45, 2.75) is 34.1 Å². The Labute approximate surface area is 192 Å². The third kappa shape index (κ3) is 5.14. The number of imidazole rings is 1. The molecule has 2 aromatic heterocycles. The van der Waals surface area contributed by atoms with Gasteiger partial charge in [-0.2, -0.15) is 0 Å². The molecular weight excluding hydrogens is 422 g/mol. The van der Waals surface area contributed by atoms with Gasteiger partial charge < -0.3 is 20.1 Å². The predicted molar refractivity (Wildman–Crippen MR) is 124 cm³/mol. The molecule has 1 aliphatic rings. The van der Waals surface area contributed by atoms with Gasteiger partial charge in [0.25, 0.3) is 0 Å². The number of aromatic nitrogens is 3. The number of fused-ring (bicyclic) bond motifs is 1. The number of carbonyl (C=O) groups excluding carboxylic acids is 2. The maximum Gasteiger partial charge on any atom is 0.237 e. The van der Waals surface area contributed by atoms with Crippen molar-refractivity contribution in [2.75, 3.05) is 23.8 Å². The quantitative estimate of drug-likeness (QED) is 0.474. The first-order valence-corrected chi connectivity index (χ1v) is 10.9. The average molecular weight is 452 g/mol. The normalized spacial score (nSPS) is 14.5. The molecule has 0 radical (unpaired) electrons. The van der Waals surface area contributed by atoms with Crippen LogP contribution in [0.3, 0.4) is 0 Å². The Kier molecular flexibility index (Phi) is 6.07. The van der Waals surface area contributed by atoms with Crippen molar-refractivity contribution < 1.29 is 19.1 Å². The molecule has 2 N–H and O–H groups in total. The van der Waals surface area contributed by atoms with Crippen LogP contribution in [0.5, 0.6) is 11.6 Å². The summed E-state index contributed by atoms with van der Waals surface area (Å²) in [6.07, 6.45) is 3.00. The van der Waals surface area contributed by atoms with Crippen molar-refractivity contribution in [3.8, 4) is 11.6 Å². The lowest BCUT2D eigenvalue weighted by Crippen LogP contribution is -2.44. The highest BCUT2D eigenvalue weighted by Crippen LogP contribution is 2.42. The lowest BCUT2D eigenvalue weighted by molar-refractivity contribution is -0.131. The van der Waals surface area contributed by atoms with E-state index in [0.29, 0.717) is 41.1 Å². The summed E-state index contributed by atoms with van der Waals surface area (Å²) in [6.45, 7) is 9.80. The van der Waals surface area contributed by atoms with Crippen LogP contribution in [0.2, 0.25) is 0 Å². The summed E-state index contributed by atoms with van der Waals surface area (Å²) in [7, 11) is 0. The molecule has 0 atom stereocenters. The standard InChI is InChI=1S/C24H29N5O4/c1-23(2,16-12-32-13-16)14-24(3,4)22(31)27-19-11-29-20(26-19)8-9-21(28-29)33-18-7-5-6-17(10-18)25-15-30/h5-11,15-16H,12-14H2,1-4H3,(H,25,30)(H,27,31). The third-order valence-corrected chi connectivity index (χ3v) is 6.07. The van der Waals surface area contributed by atoms with Crippen molar-refractivity contribution in [2.24, 2.45) is 16.7 Å². The molecule has 1 fully saturated rings. The fourth-order valence-corrected chi connectivity index (χ4v) is 4.15. The van der Waals surface area contributed by atoms with Gasteiger partial charge in [-0.25, -0.2) is 9.50 Å². The zero-order valence-corrected chi connectivity index (χ0v) is 19.3. The van der Waals surface area contributed by atoms with Crippen LogP contribution in [0.15, 0.2) is 42.6 Å². The van der Waals surface area contributed by atoms with Crippen molar-refractivity contribution in [1.29, 1.82) is 0 Å². The number of anilines is 2. The fourth-order valence-electron chi connectivity index (χ4n) is 4.15. The number of benzene rings is 1. The predicted octanol–water partition coefficient (Wildman–Crippen LogP) is 4.12. The van der Waals surface area contributed by atoms with E-state index in [1.165, 1.54) is 0 Å². The summed E-state index contributed by atoms with van der Waals surface area (Å²) in [5.41, 5.74) is 0.632. The maximum atomic E-state index is 13.0. The van der Waals surface area contributed by atoms with Crippen LogP contribution in [0.25, 0.3) is 5.65 Å². The summed E-state index contributed by atoms with van der Waals surface area (Å²) in [5, 5.41) is 9.93. The number of carbonyl (C=O) groups is 2. The molecule has 9 nitrogen and oxygen atoms in total. The van der Waals surface area contributed by atoms with Crippen LogP contribution < -0.4 is 15.4 Å². The van der Waals surface area contributed by atoms with Crippen LogP contribution in [0, 0.1) is 16.7 Å². The second kappa shape index (κ2) is 8.82. The third-order valence-electron chi connectivity index (χ3n) is 6.07. The van der Waals surface area contributed by atoms with E-state index in [2.05, 4.69) is 34.6 Å². The number of hydrogen-bond acceptors (Lipinski definition) is 6. The first-order valence-electron chi connectivity index (χ1n) is 10.9. The van der Waals surface area contributed by atoms with Gasteiger partial charge in [0, 0.05) is 29.2 Å². The summed E-state index contributed by atoms with van der Waals surface area (Å²) < 4.78 is 12.7. The first kappa shape index (κ1) is 22.7. The monoisotopic (exact) mass is 451 g/mol. The molecule has 0 bridgehead atoms. The first-order chi connectivity index (χ1) is 15.7. The number of hydrogen-bond donors (Lipinski definition) is 2. The van der Waals surface area contributed by atoms with Gasteiger partial charge in [-0.3, -0.25) is 9.59 Å². The van der Waals surface area contributed by atoms with E-state index in [0.717, 1.165) is 19.6 Å². The molecule has 3 aromatic rings. The topological polar surface area (TPSA) is 107 Å². The molecule has 2 amide bonds. The van der Waals surface area contributed by atoms with Crippen molar-refractivity contribution >= 4 is 29.5 Å². The van der Waals surface area contributed by atoms with Gasteiger partial charge in [-0.15, -0.1) is 5.10 Å². The van der Waals surface area contributed by atoms with Crippen molar-refractivity contribution in [1.82, 2.24) is 14.6 Å². The minimum absolute atomic E-state index is 0.00431. The van der Waals surface area contributed by atoms with Crippen LogP contribution in [0.4, 0.5) is 11.5 Å². The van der Waals surface area contributed by atoms with Gasteiger partial charge in [-0.05, 0) is 30.0 Å². The Balaban J connectivity index is 1.45. The zero-order valence-electron chi connectivity index (χ0n) is 19.3. The molecule has 174 valence electrons. The number of ether oxygens (including phenoxy) is 2. The molecule has 1 aromatic carbocycles. The minimum Gasteiger partial charge on any atom is -0.438 e. The van der Waals surface area contributed by atoms with E-state index in [1.54, 1.807) is 47.1 Å². The zero-order chi connectivity index (χ0) is 23.6. The Hall–Kier alpha value is -3.46. The molecule has 1 aliphatic heterocycles. The van der Waals surface area contributed by atoms with Gasteiger partial charge >= 0.3 is 0 Å². The summed E-state index contributed by atoms with van der Waals surface area (Å²) >= 11 is 0. The number of amides is 2. The Morgan fingerprint density at radius 1 is 1.24 bits per heavy atom. The van der Waals surface area contributed by atoms with Crippen molar-refractivity contribution in [3.63, 3.8) is 0 Å². The largest absolute Gasteiger partial charge is 0.438 e. The van der Waals surface area contributed by atoms with E-state index in [9.17, 15) is 9.59 Å². The van der Waals surface area contributed by atoms with Gasteiger partial charge in [0.05, 0.1) is 19.4 Å². The highest BCUT2D eigenvalue weighted by Gasteiger charge is 2.42. The van der Waals surface area contributed by atoms with Gasteiger partial charge in [0.15, 0.2) is 11.5 Å². The molecule has 33 heavy (non-hydrogen) atoms. The molecule has 0 unspecified atom stereocenters. The van der Waals surface area contributed by atoms with E-state index < -0.39 is 5.41 Å². The lowest BCUT2D eigenvalue weighted by atomic mass is 9.67. The van der Waals surface area contributed by atoms with Gasteiger partial charge in [0.1, 0.15) is 5.75 Å². The highest BCUT2D eigenvalue weighted by atomic mass is 16.5. The Bertz CT molecular complexity index is 1170. The van der Waals surface area contributed by atoms with Crippen LogP contribution in [-0.4, -0.2) is 40.1 Å². The summed E-state index contributed by atoms with van der Waals surface area (Å²) in [5.74, 6) is 1.70. The van der Waals surface area contributed by atoms with E-state index in [-0.39, 0.29) is 11.3 Å². The molecule has 4 rings (SSSR count).